The second-order valence-corrected chi connectivity index (χ2v) is 6.19. The summed E-state index contributed by atoms with van der Waals surface area (Å²) in [6.45, 7) is 1.52. The summed E-state index contributed by atoms with van der Waals surface area (Å²) in [4.78, 5) is 2.23. The van der Waals surface area contributed by atoms with Crippen LogP contribution < -0.4 is 10.6 Å². The zero-order valence-corrected chi connectivity index (χ0v) is 12.9. The van der Waals surface area contributed by atoms with E-state index in [1.165, 1.54) is 0 Å². The predicted octanol–water partition coefficient (Wildman–Crippen LogP) is 4.67. The van der Waals surface area contributed by atoms with Gasteiger partial charge in [-0.1, -0.05) is 40.9 Å². The monoisotopic (exact) mass is 326 g/mol. The van der Waals surface area contributed by atoms with Gasteiger partial charge in [0.2, 0.25) is 0 Å². The minimum atomic E-state index is -0.00790. The Labute approximate surface area is 133 Å². The van der Waals surface area contributed by atoms with Crippen LogP contribution in [0.3, 0.4) is 0 Å². The molecule has 3 rings (SSSR count). The molecule has 0 radical (unpaired) electrons. The van der Waals surface area contributed by atoms with Crippen molar-refractivity contribution in [2.45, 2.75) is 12.6 Å². The van der Waals surface area contributed by atoms with Crippen LogP contribution in [-0.4, -0.2) is 6.54 Å². The van der Waals surface area contributed by atoms with Gasteiger partial charge >= 0.3 is 0 Å². The van der Waals surface area contributed by atoms with Gasteiger partial charge in [0.05, 0.1) is 10.0 Å². The highest BCUT2D eigenvalue weighted by Gasteiger charge is 2.26. The number of nitrogens with two attached hydrogens (primary N) is 1. The fraction of sp³-hybridized carbons (Fsp3) is 0.200. The number of rotatable bonds is 2. The van der Waals surface area contributed by atoms with E-state index in [-0.39, 0.29) is 6.04 Å². The zero-order valence-electron chi connectivity index (χ0n) is 10.6. The Kier molecular flexibility index (Phi) is 3.83. The lowest BCUT2D eigenvalue weighted by Crippen LogP contribution is -2.23. The van der Waals surface area contributed by atoms with E-state index in [4.69, 9.17) is 40.5 Å². The number of halogens is 3. The quantitative estimate of drug-likeness (QED) is 0.868. The van der Waals surface area contributed by atoms with Crippen molar-refractivity contribution in [2.75, 3.05) is 11.4 Å². The van der Waals surface area contributed by atoms with Crippen molar-refractivity contribution in [1.29, 1.82) is 0 Å². The topological polar surface area (TPSA) is 29.3 Å². The van der Waals surface area contributed by atoms with Gasteiger partial charge in [0.25, 0.3) is 0 Å². The van der Waals surface area contributed by atoms with Gasteiger partial charge in [0, 0.05) is 29.8 Å². The fourth-order valence-corrected chi connectivity index (χ4v) is 3.05. The molecule has 2 N–H and O–H groups in total. The second-order valence-electron chi connectivity index (χ2n) is 4.94. The molecule has 1 aliphatic rings. The van der Waals surface area contributed by atoms with Gasteiger partial charge in [0.15, 0.2) is 0 Å². The van der Waals surface area contributed by atoms with Crippen LogP contribution in [0.1, 0.15) is 17.2 Å². The molecule has 2 aromatic rings. The van der Waals surface area contributed by atoms with Crippen LogP contribution in [0, 0.1) is 0 Å². The van der Waals surface area contributed by atoms with Gasteiger partial charge in [-0.25, -0.2) is 0 Å². The van der Waals surface area contributed by atoms with Crippen molar-refractivity contribution < 1.29 is 0 Å². The Hall–Kier alpha value is -0.930. The van der Waals surface area contributed by atoms with E-state index >= 15 is 0 Å². The molecule has 0 aromatic heterocycles. The molecule has 0 saturated heterocycles. The Morgan fingerprint density at radius 2 is 1.85 bits per heavy atom. The summed E-state index contributed by atoms with van der Waals surface area (Å²) in [5.41, 5.74) is 9.50. The largest absolute Gasteiger partial charge is 0.365 e. The minimum absolute atomic E-state index is 0.00790. The minimum Gasteiger partial charge on any atom is -0.365 e. The van der Waals surface area contributed by atoms with Crippen LogP contribution in [0.15, 0.2) is 36.4 Å². The molecule has 1 atom stereocenters. The summed E-state index contributed by atoms with van der Waals surface area (Å²) in [6.07, 6.45) is 0. The van der Waals surface area contributed by atoms with Gasteiger partial charge in [-0.3, -0.25) is 0 Å². The molecule has 0 aliphatic carbocycles. The van der Waals surface area contributed by atoms with Crippen LogP contribution in [0.25, 0.3) is 0 Å². The van der Waals surface area contributed by atoms with E-state index in [9.17, 15) is 0 Å². The van der Waals surface area contributed by atoms with E-state index in [1.54, 1.807) is 0 Å². The lowest BCUT2D eigenvalue weighted by molar-refractivity contribution is 0.720. The van der Waals surface area contributed by atoms with Crippen molar-refractivity contribution in [2.24, 2.45) is 5.73 Å². The average Bonchev–Trinajstić information content (AvgIpc) is 2.70. The molecule has 2 nitrogen and oxygen atoms in total. The van der Waals surface area contributed by atoms with E-state index in [0.717, 1.165) is 34.9 Å². The van der Waals surface area contributed by atoms with Gasteiger partial charge in [0.1, 0.15) is 0 Å². The summed E-state index contributed by atoms with van der Waals surface area (Å²) >= 11 is 18.0. The number of nitrogens with zero attached hydrogens (tertiary/aromatic N) is 1. The number of hydrogen-bond acceptors (Lipinski definition) is 2. The summed E-state index contributed by atoms with van der Waals surface area (Å²) in [5.74, 6) is 0. The predicted molar refractivity (Wildman–Crippen MR) is 85.9 cm³/mol. The van der Waals surface area contributed by atoms with Crippen molar-refractivity contribution in [1.82, 2.24) is 0 Å². The Bertz CT molecular complexity index is 658. The van der Waals surface area contributed by atoms with Crippen LogP contribution in [0.4, 0.5) is 5.69 Å². The molecular weight excluding hydrogens is 315 g/mol. The highest BCUT2D eigenvalue weighted by Crippen LogP contribution is 2.36. The van der Waals surface area contributed by atoms with E-state index < -0.39 is 0 Å². The first-order valence-electron chi connectivity index (χ1n) is 6.28. The third-order valence-corrected chi connectivity index (χ3v) is 4.48. The van der Waals surface area contributed by atoms with Crippen LogP contribution in [0.5, 0.6) is 0 Å². The molecule has 1 heterocycles. The van der Waals surface area contributed by atoms with Crippen molar-refractivity contribution >= 4 is 40.5 Å². The SMILES string of the molecule is NC1CN(Cc2ccc(Cl)c(Cl)c2)c2ccc(Cl)cc21. The maximum Gasteiger partial charge on any atom is 0.0595 e. The molecule has 1 aliphatic heterocycles. The van der Waals surface area contributed by atoms with E-state index in [2.05, 4.69) is 4.90 Å². The van der Waals surface area contributed by atoms with Crippen LogP contribution in [-0.2, 0) is 6.54 Å². The third-order valence-electron chi connectivity index (χ3n) is 3.50. The highest BCUT2D eigenvalue weighted by molar-refractivity contribution is 6.42. The molecular formula is C15H13Cl3N2. The maximum atomic E-state index is 6.17. The molecule has 5 heteroatoms. The first-order valence-corrected chi connectivity index (χ1v) is 7.42. The molecule has 0 fully saturated rings. The second kappa shape index (κ2) is 5.45. The number of benzene rings is 2. The summed E-state index contributed by atoms with van der Waals surface area (Å²) in [7, 11) is 0. The Balaban J connectivity index is 1.88. The van der Waals surface area contributed by atoms with Crippen LogP contribution >= 0.6 is 34.8 Å². The molecule has 0 amide bonds. The van der Waals surface area contributed by atoms with E-state index in [1.807, 2.05) is 36.4 Å². The smallest absolute Gasteiger partial charge is 0.0595 e. The van der Waals surface area contributed by atoms with Crippen LogP contribution in [0.2, 0.25) is 15.1 Å². The normalized spacial score (nSPS) is 17.4. The molecule has 0 bridgehead atoms. The van der Waals surface area contributed by atoms with Crippen molar-refractivity contribution in [3.05, 3.63) is 62.6 Å². The molecule has 0 saturated carbocycles. The molecule has 1 unspecified atom stereocenters. The lowest BCUT2D eigenvalue weighted by Gasteiger charge is -2.20. The summed E-state index contributed by atoms with van der Waals surface area (Å²) < 4.78 is 0. The van der Waals surface area contributed by atoms with Crippen molar-refractivity contribution in [3.8, 4) is 0 Å². The van der Waals surface area contributed by atoms with Gasteiger partial charge in [-0.05, 0) is 41.5 Å². The lowest BCUT2D eigenvalue weighted by atomic mass is 10.1. The first kappa shape index (κ1) is 14.0. The summed E-state index contributed by atoms with van der Waals surface area (Å²) in [5, 5.41) is 1.86. The molecule has 20 heavy (non-hydrogen) atoms. The number of fused-ring (bicyclic) bond motifs is 1. The average molecular weight is 328 g/mol. The maximum absolute atomic E-state index is 6.17. The third kappa shape index (κ3) is 2.61. The van der Waals surface area contributed by atoms with Gasteiger partial charge in [-0.2, -0.15) is 0 Å². The fourth-order valence-electron chi connectivity index (χ4n) is 2.55. The van der Waals surface area contributed by atoms with Gasteiger partial charge < -0.3 is 10.6 Å². The Morgan fingerprint density at radius 1 is 1.05 bits per heavy atom. The van der Waals surface area contributed by atoms with Crippen molar-refractivity contribution in [3.63, 3.8) is 0 Å². The molecule has 0 spiro atoms. The zero-order chi connectivity index (χ0) is 14.3. The molecule has 104 valence electrons. The van der Waals surface area contributed by atoms with E-state index in [0.29, 0.717) is 10.0 Å². The van der Waals surface area contributed by atoms with Gasteiger partial charge in [-0.15, -0.1) is 0 Å². The standard InChI is InChI=1S/C15H13Cl3N2/c16-10-2-4-15-11(6-10)14(19)8-20(15)7-9-1-3-12(17)13(18)5-9/h1-6,14H,7-8,19H2. The Morgan fingerprint density at radius 3 is 2.60 bits per heavy atom. The summed E-state index contributed by atoms with van der Waals surface area (Å²) in [6, 6.07) is 11.5. The highest BCUT2D eigenvalue weighted by atomic mass is 35.5. The molecule has 2 aromatic carbocycles. The first-order chi connectivity index (χ1) is 9.54. The number of hydrogen-bond donors (Lipinski definition) is 1. The number of anilines is 1.